The van der Waals surface area contributed by atoms with Crippen LogP contribution in [-0.4, -0.2) is 5.16 Å². The Morgan fingerprint density at radius 1 is 1.29 bits per heavy atom. The summed E-state index contributed by atoms with van der Waals surface area (Å²) in [6.07, 6.45) is 1.04. The van der Waals surface area contributed by atoms with Crippen molar-refractivity contribution in [2.45, 2.75) is 34.1 Å². The molecule has 2 rings (SSSR count). The lowest BCUT2D eigenvalue weighted by atomic mass is 10.1. The maximum absolute atomic E-state index is 5.14. The number of fused-ring (bicyclic) bond motifs is 1. The Bertz CT molecular complexity index is 404. The molecule has 1 heterocycles. The topological polar surface area (TPSA) is 26.0 Å². The van der Waals surface area contributed by atoms with E-state index in [4.69, 9.17) is 4.52 Å². The van der Waals surface area contributed by atoms with Crippen molar-refractivity contribution in [1.82, 2.24) is 5.16 Å². The molecule has 0 amide bonds. The molecule has 0 aliphatic carbocycles. The molecule has 0 aliphatic rings. The first-order valence-electron chi connectivity index (χ1n) is 5.16. The normalized spacial score (nSPS) is 9.71. The van der Waals surface area contributed by atoms with Crippen LogP contribution in [0.5, 0.6) is 0 Å². The quantitative estimate of drug-likeness (QED) is 0.686. The van der Waals surface area contributed by atoms with E-state index in [-0.39, 0.29) is 0 Å². The minimum atomic E-state index is 0.895. The van der Waals surface area contributed by atoms with Crippen molar-refractivity contribution in [3.8, 4) is 0 Å². The molecule has 0 unspecified atom stereocenters. The van der Waals surface area contributed by atoms with Gasteiger partial charge in [0.25, 0.3) is 0 Å². The summed E-state index contributed by atoms with van der Waals surface area (Å²) in [7, 11) is 0. The van der Waals surface area contributed by atoms with Gasteiger partial charge in [0.1, 0.15) is 0 Å². The third-order valence-electron chi connectivity index (χ3n) is 2.12. The highest BCUT2D eigenvalue weighted by atomic mass is 16.5. The molecular formula is C12H17NO. The molecule has 0 atom stereocenters. The smallest absolute Gasteiger partial charge is 0.167 e. The zero-order valence-electron chi connectivity index (χ0n) is 9.29. The lowest BCUT2D eigenvalue weighted by Crippen LogP contribution is -1.77. The Labute approximate surface area is 84.9 Å². The lowest BCUT2D eigenvalue weighted by Gasteiger charge is -1.93. The average molecular weight is 191 g/mol. The van der Waals surface area contributed by atoms with E-state index in [1.165, 1.54) is 5.56 Å². The van der Waals surface area contributed by atoms with E-state index in [0.29, 0.717) is 0 Å². The number of hydrogen-bond acceptors (Lipinski definition) is 2. The van der Waals surface area contributed by atoms with Crippen LogP contribution in [0.25, 0.3) is 11.0 Å². The van der Waals surface area contributed by atoms with Gasteiger partial charge in [-0.3, -0.25) is 0 Å². The molecule has 1 aromatic heterocycles. The van der Waals surface area contributed by atoms with Crippen molar-refractivity contribution in [2.24, 2.45) is 0 Å². The second-order valence-electron chi connectivity index (χ2n) is 2.95. The van der Waals surface area contributed by atoms with Crippen molar-refractivity contribution in [3.63, 3.8) is 0 Å². The van der Waals surface area contributed by atoms with Gasteiger partial charge in [-0.2, -0.15) is 0 Å². The standard InChI is InChI=1S/C10H11NO.C2H6/c1-3-8-4-5-9-7(2)11-12-10(9)6-8;1-2/h4-6H,3H2,1-2H3;1-2H3. The van der Waals surface area contributed by atoms with Crippen molar-refractivity contribution in [3.05, 3.63) is 29.5 Å². The van der Waals surface area contributed by atoms with Crippen LogP contribution in [0.15, 0.2) is 22.7 Å². The van der Waals surface area contributed by atoms with Crippen LogP contribution < -0.4 is 0 Å². The molecule has 2 aromatic rings. The van der Waals surface area contributed by atoms with Gasteiger partial charge < -0.3 is 4.52 Å². The van der Waals surface area contributed by atoms with Crippen LogP contribution in [-0.2, 0) is 6.42 Å². The van der Waals surface area contributed by atoms with Crippen LogP contribution in [0.1, 0.15) is 32.0 Å². The fraction of sp³-hybridized carbons (Fsp3) is 0.417. The summed E-state index contributed by atoms with van der Waals surface area (Å²) in [6, 6.07) is 6.24. The van der Waals surface area contributed by atoms with E-state index >= 15 is 0 Å². The molecule has 0 aliphatic heterocycles. The third kappa shape index (κ3) is 1.95. The van der Waals surface area contributed by atoms with Crippen LogP contribution >= 0.6 is 0 Å². The fourth-order valence-electron chi connectivity index (χ4n) is 1.33. The minimum absolute atomic E-state index is 0.895. The predicted molar refractivity (Wildman–Crippen MR) is 59.5 cm³/mol. The van der Waals surface area contributed by atoms with E-state index in [1.807, 2.05) is 20.8 Å². The van der Waals surface area contributed by atoms with Crippen molar-refractivity contribution in [1.29, 1.82) is 0 Å². The molecule has 2 nitrogen and oxygen atoms in total. The Balaban J connectivity index is 0.000000461. The highest BCUT2D eigenvalue weighted by Gasteiger charge is 2.02. The second-order valence-corrected chi connectivity index (χ2v) is 2.95. The SMILES string of the molecule is CC.CCc1ccc2c(C)noc2c1. The molecule has 0 N–H and O–H groups in total. The van der Waals surface area contributed by atoms with E-state index in [9.17, 15) is 0 Å². The van der Waals surface area contributed by atoms with Crippen LogP contribution in [0.3, 0.4) is 0 Å². The molecule has 0 spiro atoms. The van der Waals surface area contributed by atoms with Gasteiger partial charge >= 0.3 is 0 Å². The second kappa shape index (κ2) is 4.80. The maximum atomic E-state index is 5.14. The van der Waals surface area contributed by atoms with Gasteiger partial charge in [0.15, 0.2) is 5.58 Å². The number of nitrogens with zero attached hydrogens (tertiary/aromatic N) is 1. The van der Waals surface area contributed by atoms with Crippen LogP contribution in [0.2, 0.25) is 0 Å². The van der Waals surface area contributed by atoms with Gasteiger partial charge in [0, 0.05) is 5.39 Å². The summed E-state index contributed by atoms with van der Waals surface area (Å²) in [5.74, 6) is 0. The molecule has 0 saturated carbocycles. The van der Waals surface area contributed by atoms with Crippen molar-refractivity contribution in [2.75, 3.05) is 0 Å². The highest BCUT2D eigenvalue weighted by molar-refractivity contribution is 5.79. The third-order valence-corrected chi connectivity index (χ3v) is 2.12. The molecule has 76 valence electrons. The fourth-order valence-corrected chi connectivity index (χ4v) is 1.33. The van der Waals surface area contributed by atoms with Gasteiger partial charge in [-0.05, 0) is 31.0 Å². The molecular weight excluding hydrogens is 174 g/mol. The summed E-state index contributed by atoms with van der Waals surface area (Å²) < 4.78 is 5.14. The minimum Gasteiger partial charge on any atom is -0.356 e. The summed E-state index contributed by atoms with van der Waals surface area (Å²) in [6.45, 7) is 8.09. The number of aryl methyl sites for hydroxylation is 2. The van der Waals surface area contributed by atoms with Gasteiger partial charge in [0.05, 0.1) is 5.69 Å². The van der Waals surface area contributed by atoms with Crippen LogP contribution in [0, 0.1) is 6.92 Å². The van der Waals surface area contributed by atoms with Gasteiger partial charge in [-0.25, -0.2) is 0 Å². The molecule has 14 heavy (non-hydrogen) atoms. The largest absolute Gasteiger partial charge is 0.356 e. The summed E-state index contributed by atoms with van der Waals surface area (Å²) in [5.41, 5.74) is 3.15. The highest BCUT2D eigenvalue weighted by Crippen LogP contribution is 2.19. The van der Waals surface area contributed by atoms with E-state index < -0.39 is 0 Å². The van der Waals surface area contributed by atoms with Crippen LogP contribution in [0.4, 0.5) is 0 Å². The Kier molecular flexibility index (Phi) is 3.69. The first-order chi connectivity index (χ1) is 6.81. The predicted octanol–water partition coefficient (Wildman–Crippen LogP) is 3.72. The summed E-state index contributed by atoms with van der Waals surface area (Å²) >= 11 is 0. The first-order valence-corrected chi connectivity index (χ1v) is 5.16. The lowest BCUT2D eigenvalue weighted by molar-refractivity contribution is 0.450. The summed E-state index contributed by atoms with van der Waals surface area (Å²) in [5, 5.41) is 5.01. The molecule has 0 bridgehead atoms. The van der Waals surface area contributed by atoms with Gasteiger partial charge in [0.2, 0.25) is 0 Å². The molecule has 0 radical (unpaired) electrons. The summed E-state index contributed by atoms with van der Waals surface area (Å²) in [4.78, 5) is 0. The average Bonchev–Trinajstić information content (AvgIpc) is 2.63. The number of benzene rings is 1. The Morgan fingerprint density at radius 2 is 2.00 bits per heavy atom. The molecule has 0 saturated heterocycles. The Morgan fingerprint density at radius 3 is 2.64 bits per heavy atom. The first kappa shape index (κ1) is 10.8. The zero-order chi connectivity index (χ0) is 10.6. The van der Waals surface area contributed by atoms with Crippen molar-refractivity contribution >= 4 is 11.0 Å². The van der Waals surface area contributed by atoms with E-state index in [1.54, 1.807) is 0 Å². The van der Waals surface area contributed by atoms with E-state index in [0.717, 1.165) is 23.1 Å². The number of aromatic nitrogens is 1. The maximum Gasteiger partial charge on any atom is 0.167 e. The molecule has 2 heteroatoms. The van der Waals surface area contributed by atoms with E-state index in [2.05, 4.69) is 30.3 Å². The molecule has 1 aromatic carbocycles. The number of hydrogen-bond donors (Lipinski definition) is 0. The number of rotatable bonds is 1. The molecule has 0 fully saturated rings. The van der Waals surface area contributed by atoms with Crippen molar-refractivity contribution < 1.29 is 4.52 Å². The van der Waals surface area contributed by atoms with Gasteiger partial charge in [-0.15, -0.1) is 0 Å². The monoisotopic (exact) mass is 191 g/mol. The van der Waals surface area contributed by atoms with Gasteiger partial charge in [-0.1, -0.05) is 32.0 Å². The zero-order valence-corrected chi connectivity index (χ0v) is 9.29. The Hall–Kier alpha value is -1.31.